The van der Waals surface area contributed by atoms with Crippen LogP contribution in [0.2, 0.25) is 0 Å². The van der Waals surface area contributed by atoms with Crippen LogP contribution in [-0.4, -0.2) is 5.91 Å². The Morgan fingerprint density at radius 2 is 1.88 bits per heavy atom. The zero-order valence-corrected chi connectivity index (χ0v) is 11.8. The highest BCUT2D eigenvalue weighted by atomic mass is 127. The molecule has 3 heteroatoms. The van der Waals surface area contributed by atoms with Gasteiger partial charge < -0.3 is 5.32 Å². The highest BCUT2D eigenvalue weighted by molar-refractivity contribution is 14.1. The second-order valence-corrected chi connectivity index (χ2v) is 4.88. The van der Waals surface area contributed by atoms with Gasteiger partial charge in [0.1, 0.15) is 0 Å². The molecule has 0 aromatic heterocycles. The van der Waals surface area contributed by atoms with Crippen LogP contribution in [0.15, 0.2) is 49.6 Å². The smallest absolute Gasteiger partial charge is 0.228 e. The van der Waals surface area contributed by atoms with Crippen LogP contribution >= 0.6 is 22.6 Å². The molecule has 0 atom stereocenters. The molecule has 0 aliphatic heterocycles. The van der Waals surface area contributed by atoms with E-state index in [1.165, 1.54) is 0 Å². The van der Waals surface area contributed by atoms with Gasteiger partial charge in [-0.2, -0.15) is 0 Å². The van der Waals surface area contributed by atoms with E-state index < -0.39 is 0 Å². The summed E-state index contributed by atoms with van der Waals surface area (Å²) >= 11 is 2.20. The van der Waals surface area contributed by atoms with Gasteiger partial charge in [-0.15, -0.1) is 13.2 Å². The zero-order valence-electron chi connectivity index (χ0n) is 9.66. The Hall–Kier alpha value is -1.10. The molecule has 1 amide bonds. The number of rotatable bonds is 6. The number of halogens is 1. The van der Waals surface area contributed by atoms with Crippen molar-refractivity contribution in [2.24, 2.45) is 5.92 Å². The maximum absolute atomic E-state index is 12.0. The lowest BCUT2D eigenvalue weighted by Crippen LogP contribution is -2.22. The fraction of sp³-hybridized carbons (Fsp3) is 0.214. The predicted octanol–water partition coefficient (Wildman–Crippen LogP) is 4.00. The molecule has 1 N–H and O–H groups in total. The average molecular weight is 341 g/mol. The van der Waals surface area contributed by atoms with Crippen molar-refractivity contribution in [3.05, 3.63) is 53.1 Å². The van der Waals surface area contributed by atoms with Gasteiger partial charge in [0.2, 0.25) is 5.91 Å². The van der Waals surface area contributed by atoms with E-state index in [0.717, 1.165) is 9.26 Å². The van der Waals surface area contributed by atoms with Crippen molar-refractivity contribution < 1.29 is 4.79 Å². The summed E-state index contributed by atoms with van der Waals surface area (Å²) in [7, 11) is 0. The first-order chi connectivity index (χ1) is 8.19. The van der Waals surface area contributed by atoms with Gasteiger partial charge in [0.25, 0.3) is 0 Å². The van der Waals surface area contributed by atoms with E-state index in [4.69, 9.17) is 0 Å². The van der Waals surface area contributed by atoms with Crippen molar-refractivity contribution in [1.82, 2.24) is 0 Å². The van der Waals surface area contributed by atoms with E-state index in [0.29, 0.717) is 12.8 Å². The maximum atomic E-state index is 12.0. The Bertz CT molecular complexity index is 404. The van der Waals surface area contributed by atoms with Crippen LogP contribution < -0.4 is 5.32 Å². The van der Waals surface area contributed by atoms with Gasteiger partial charge in [-0.25, -0.2) is 0 Å². The number of allylic oxidation sites excluding steroid dienone is 2. The average Bonchev–Trinajstić information content (AvgIpc) is 2.32. The minimum Gasteiger partial charge on any atom is -0.325 e. The molecule has 1 aromatic rings. The van der Waals surface area contributed by atoms with Crippen LogP contribution in [0.25, 0.3) is 0 Å². The van der Waals surface area contributed by atoms with E-state index in [1.807, 2.05) is 24.3 Å². The lowest BCUT2D eigenvalue weighted by Gasteiger charge is -2.14. The molecule has 0 aliphatic carbocycles. The standard InChI is InChI=1S/C14H16INO/c1-3-7-11(8-4-2)14(17)16-13-10-6-5-9-12(13)15/h3-6,9-11H,1-2,7-8H2,(H,16,17). The summed E-state index contributed by atoms with van der Waals surface area (Å²) in [5, 5.41) is 2.94. The first-order valence-electron chi connectivity index (χ1n) is 5.46. The molecule has 1 rings (SSSR count). The Morgan fingerprint density at radius 3 is 2.41 bits per heavy atom. The minimum atomic E-state index is -0.0824. The van der Waals surface area contributed by atoms with Crippen molar-refractivity contribution in [2.75, 3.05) is 5.32 Å². The van der Waals surface area contributed by atoms with E-state index >= 15 is 0 Å². The third kappa shape index (κ3) is 4.34. The third-order valence-corrected chi connectivity index (χ3v) is 3.35. The van der Waals surface area contributed by atoms with Crippen LogP contribution in [-0.2, 0) is 4.79 Å². The first kappa shape index (κ1) is 14.0. The highest BCUT2D eigenvalue weighted by Crippen LogP contribution is 2.19. The summed E-state index contributed by atoms with van der Waals surface area (Å²) < 4.78 is 1.04. The van der Waals surface area contributed by atoms with Crippen LogP contribution in [0.3, 0.4) is 0 Å². The SMILES string of the molecule is C=CCC(CC=C)C(=O)Nc1ccccc1I. The number of hydrogen-bond donors (Lipinski definition) is 1. The molecule has 0 unspecified atom stereocenters. The fourth-order valence-corrected chi connectivity index (χ4v) is 2.03. The van der Waals surface area contributed by atoms with Gasteiger partial charge in [0.05, 0.1) is 5.69 Å². The largest absolute Gasteiger partial charge is 0.325 e. The fourth-order valence-electron chi connectivity index (χ4n) is 1.51. The molecule has 2 nitrogen and oxygen atoms in total. The topological polar surface area (TPSA) is 29.1 Å². The van der Waals surface area contributed by atoms with Crippen molar-refractivity contribution in [1.29, 1.82) is 0 Å². The second kappa shape index (κ2) is 7.27. The van der Waals surface area contributed by atoms with E-state index in [1.54, 1.807) is 12.2 Å². The van der Waals surface area contributed by atoms with E-state index in [-0.39, 0.29) is 11.8 Å². The number of amides is 1. The summed E-state index contributed by atoms with van der Waals surface area (Å²) in [6.07, 6.45) is 4.87. The maximum Gasteiger partial charge on any atom is 0.228 e. The van der Waals surface area contributed by atoms with Gasteiger partial charge in [0, 0.05) is 9.49 Å². The number of hydrogen-bond acceptors (Lipinski definition) is 1. The molecule has 1 aromatic carbocycles. The number of anilines is 1. The van der Waals surface area contributed by atoms with Gasteiger partial charge in [0.15, 0.2) is 0 Å². The summed E-state index contributed by atoms with van der Waals surface area (Å²) in [6.45, 7) is 7.35. The molecule has 0 saturated carbocycles. The van der Waals surface area contributed by atoms with Crippen molar-refractivity contribution in [2.45, 2.75) is 12.8 Å². The molecule has 0 aliphatic rings. The summed E-state index contributed by atoms with van der Waals surface area (Å²) in [4.78, 5) is 12.0. The molecule has 0 heterocycles. The van der Waals surface area contributed by atoms with Crippen molar-refractivity contribution >= 4 is 34.2 Å². The molecule has 0 fully saturated rings. The van der Waals surface area contributed by atoms with Crippen LogP contribution in [0.5, 0.6) is 0 Å². The quantitative estimate of drug-likeness (QED) is 0.615. The molecule has 90 valence electrons. The number of carbonyl (C=O) groups is 1. The van der Waals surface area contributed by atoms with Crippen LogP contribution in [0, 0.1) is 9.49 Å². The Morgan fingerprint density at radius 1 is 1.29 bits per heavy atom. The van der Waals surface area contributed by atoms with Gasteiger partial charge in [-0.3, -0.25) is 4.79 Å². The van der Waals surface area contributed by atoms with E-state index in [9.17, 15) is 4.79 Å². The second-order valence-electron chi connectivity index (χ2n) is 3.71. The molecule has 0 spiro atoms. The van der Waals surface area contributed by atoms with Crippen LogP contribution in [0.4, 0.5) is 5.69 Å². The molecule has 0 bridgehead atoms. The monoisotopic (exact) mass is 341 g/mol. The lowest BCUT2D eigenvalue weighted by atomic mass is 10.0. The highest BCUT2D eigenvalue weighted by Gasteiger charge is 2.16. The minimum absolute atomic E-state index is 0.0221. The third-order valence-electron chi connectivity index (χ3n) is 2.40. The molecular formula is C14H16INO. The predicted molar refractivity (Wildman–Crippen MR) is 80.9 cm³/mol. The van der Waals surface area contributed by atoms with Crippen molar-refractivity contribution in [3.8, 4) is 0 Å². The molecular weight excluding hydrogens is 325 g/mol. The van der Waals surface area contributed by atoms with E-state index in [2.05, 4.69) is 41.1 Å². The Kier molecular flexibility index (Phi) is 5.97. The summed E-state index contributed by atoms with van der Waals surface area (Å²) in [6, 6.07) is 7.72. The first-order valence-corrected chi connectivity index (χ1v) is 6.54. The Balaban J connectivity index is 2.72. The molecule has 0 radical (unpaired) electrons. The molecule has 17 heavy (non-hydrogen) atoms. The number of nitrogens with one attached hydrogen (secondary N) is 1. The normalized spacial score (nSPS) is 10.0. The zero-order chi connectivity index (χ0) is 12.7. The number of benzene rings is 1. The number of para-hydroxylation sites is 1. The van der Waals surface area contributed by atoms with Crippen molar-refractivity contribution in [3.63, 3.8) is 0 Å². The Labute approximate surface area is 116 Å². The lowest BCUT2D eigenvalue weighted by molar-refractivity contribution is -0.119. The van der Waals surface area contributed by atoms with Gasteiger partial charge in [-0.05, 0) is 47.6 Å². The number of carbonyl (C=O) groups excluding carboxylic acids is 1. The summed E-state index contributed by atoms with van der Waals surface area (Å²) in [5.74, 6) is -0.0603. The van der Waals surface area contributed by atoms with Gasteiger partial charge >= 0.3 is 0 Å². The summed E-state index contributed by atoms with van der Waals surface area (Å²) in [5.41, 5.74) is 0.858. The van der Waals surface area contributed by atoms with Gasteiger partial charge in [-0.1, -0.05) is 24.3 Å². The molecule has 0 saturated heterocycles. The van der Waals surface area contributed by atoms with Crippen LogP contribution in [0.1, 0.15) is 12.8 Å².